The fourth-order valence-corrected chi connectivity index (χ4v) is 2.38. The van der Waals surface area contributed by atoms with E-state index < -0.39 is 0 Å². The molecule has 23 heavy (non-hydrogen) atoms. The van der Waals surface area contributed by atoms with Crippen molar-refractivity contribution < 1.29 is 9.47 Å². The van der Waals surface area contributed by atoms with Gasteiger partial charge in [-0.3, -0.25) is 0 Å². The minimum Gasteiger partial charge on any atom is -0.493 e. The van der Waals surface area contributed by atoms with E-state index in [4.69, 9.17) is 9.47 Å². The maximum Gasteiger partial charge on any atom is 0.161 e. The van der Waals surface area contributed by atoms with Gasteiger partial charge in [-0.25, -0.2) is 0 Å². The number of nitrogens with zero attached hydrogens (tertiary/aromatic N) is 1. The molecule has 0 radical (unpaired) electrons. The highest BCUT2D eigenvalue weighted by atomic mass is 16.5. The Bertz CT molecular complexity index is 623. The van der Waals surface area contributed by atoms with Gasteiger partial charge in [-0.1, -0.05) is 48.6 Å². The number of rotatable bonds is 8. The molecule has 0 amide bonds. The number of methoxy groups -OCH3 is 2. The Balaban J connectivity index is 1.83. The molecule has 122 valence electrons. The zero-order valence-electron chi connectivity index (χ0n) is 14.2. The Kier molecular flexibility index (Phi) is 6.70. The zero-order chi connectivity index (χ0) is 16.5. The van der Waals surface area contributed by atoms with Crippen LogP contribution in [-0.2, 0) is 6.42 Å². The Hall–Kier alpha value is -2.26. The topological polar surface area (TPSA) is 21.7 Å². The highest BCUT2D eigenvalue weighted by molar-refractivity contribution is 5.55. The van der Waals surface area contributed by atoms with E-state index in [1.165, 1.54) is 5.56 Å². The second-order valence-corrected chi connectivity index (χ2v) is 5.51. The molecule has 0 heterocycles. The first-order valence-corrected chi connectivity index (χ1v) is 7.84. The maximum absolute atomic E-state index is 5.32. The molecule has 2 aromatic carbocycles. The van der Waals surface area contributed by atoms with Crippen molar-refractivity contribution >= 4 is 6.08 Å². The van der Waals surface area contributed by atoms with Gasteiger partial charge >= 0.3 is 0 Å². The minimum absolute atomic E-state index is 0.754. The molecule has 3 heteroatoms. The molecule has 0 N–H and O–H groups in total. The molecule has 0 aromatic heterocycles. The lowest BCUT2D eigenvalue weighted by molar-refractivity contribution is 0.355. The third kappa shape index (κ3) is 5.46. The fraction of sp³-hybridized carbons (Fsp3) is 0.300. The smallest absolute Gasteiger partial charge is 0.161 e. The summed E-state index contributed by atoms with van der Waals surface area (Å²) in [5, 5.41) is 0. The third-order valence-electron chi connectivity index (χ3n) is 3.76. The summed E-state index contributed by atoms with van der Waals surface area (Å²) < 4.78 is 10.6. The Morgan fingerprint density at radius 1 is 0.957 bits per heavy atom. The average molecular weight is 311 g/mol. The van der Waals surface area contributed by atoms with Crippen LogP contribution in [0, 0.1) is 0 Å². The summed E-state index contributed by atoms with van der Waals surface area (Å²) in [6.07, 6.45) is 5.36. The average Bonchev–Trinajstić information content (AvgIpc) is 2.60. The maximum atomic E-state index is 5.32. The number of likely N-dealkylation sites (N-methyl/N-ethyl adjacent to an activating group) is 1. The predicted octanol–water partition coefficient (Wildman–Crippen LogP) is 3.89. The van der Waals surface area contributed by atoms with E-state index in [0.29, 0.717) is 0 Å². The Morgan fingerprint density at radius 3 is 2.39 bits per heavy atom. The van der Waals surface area contributed by atoms with Gasteiger partial charge in [0, 0.05) is 13.1 Å². The molecule has 2 rings (SSSR count). The molecular weight excluding hydrogens is 286 g/mol. The van der Waals surface area contributed by atoms with Gasteiger partial charge < -0.3 is 14.4 Å². The first kappa shape index (κ1) is 17.1. The van der Waals surface area contributed by atoms with Gasteiger partial charge in [0.25, 0.3) is 0 Å². The molecular formula is C20H25NO2. The van der Waals surface area contributed by atoms with E-state index in [9.17, 15) is 0 Å². The van der Waals surface area contributed by atoms with Crippen molar-refractivity contribution in [3.63, 3.8) is 0 Å². The van der Waals surface area contributed by atoms with Crippen LogP contribution in [0.5, 0.6) is 11.5 Å². The van der Waals surface area contributed by atoms with E-state index in [1.807, 2.05) is 18.2 Å². The summed E-state index contributed by atoms with van der Waals surface area (Å²) in [6.45, 7) is 1.96. The van der Waals surface area contributed by atoms with Crippen molar-refractivity contribution in [1.29, 1.82) is 0 Å². The molecule has 0 fully saturated rings. The van der Waals surface area contributed by atoms with Crippen LogP contribution in [0.1, 0.15) is 11.1 Å². The lowest BCUT2D eigenvalue weighted by atomic mass is 10.1. The number of hydrogen-bond acceptors (Lipinski definition) is 3. The molecule has 0 saturated heterocycles. The molecule has 0 saturated carbocycles. The molecule has 0 aliphatic carbocycles. The summed E-state index contributed by atoms with van der Waals surface area (Å²) in [5.41, 5.74) is 2.49. The molecule has 0 aliphatic heterocycles. The van der Waals surface area contributed by atoms with Gasteiger partial charge in [-0.15, -0.1) is 0 Å². The van der Waals surface area contributed by atoms with Gasteiger partial charge in [-0.05, 0) is 36.7 Å². The fourth-order valence-electron chi connectivity index (χ4n) is 2.38. The highest BCUT2D eigenvalue weighted by Crippen LogP contribution is 2.27. The first-order chi connectivity index (χ1) is 11.2. The van der Waals surface area contributed by atoms with E-state index in [0.717, 1.165) is 36.6 Å². The second-order valence-electron chi connectivity index (χ2n) is 5.51. The molecule has 0 spiro atoms. The van der Waals surface area contributed by atoms with Gasteiger partial charge in [0.2, 0.25) is 0 Å². The van der Waals surface area contributed by atoms with Gasteiger partial charge in [-0.2, -0.15) is 0 Å². The Morgan fingerprint density at radius 2 is 1.70 bits per heavy atom. The normalized spacial score (nSPS) is 11.1. The minimum atomic E-state index is 0.754. The SMILES string of the molecule is COc1ccc(/C=C/CN(C)CCc2ccccc2)cc1OC. The van der Waals surface area contributed by atoms with Crippen molar-refractivity contribution in [2.45, 2.75) is 6.42 Å². The molecule has 2 aromatic rings. The van der Waals surface area contributed by atoms with E-state index >= 15 is 0 Å². The third-order valence-corrected chi connectivity index (χ3v) is 3.76. The van der Waals surface area contributed by atoms with E-state index in [2.05, 4.69) is 54.4 Å². The largest absolute Gasteiger partial charge is 0.493 e. The van der Waals surface area contributed by atoms with Crippen LogP contribution in [0.2, 0.25) is 0 Å². The quantitative estimate of drug-likeness (QED) is 0.738. The monoisotopic (exact) mass is 311 g/mol. The zero-order valence-corrected chi connectivity index (χ0v) is 14.2. The highest BCUT2D eigenvalue weighted by Gasteiger charge is 2.02. The first-order valence-electron chi connectivity index (χ1n) is 7.84. The van der Waals surface area contributed by atoms with Crippen LogP contribution in [0.25, 0.3) is 6.08 Å². The van der Waals surface area contributed by atoms with Gasteiger partial charge in [0.1, 0.15) is 0 Å². The number of ether oxygens (including phenoxy) is 2. The van der Waals surface area contributed by atoms with Gasteiger partial charge in [0.15, 0.2) is 11.5 Å². The predicted molar refractivity (Wildman–Crippen MR) is 96.2 cm³/mol. The molecule has 3 nitrogen and oxygen atoms in total. The van der Waals surface area contributed by atoms with Crippen LogP contribution in [0.15, 0.2) is 54.6 Å². The van der Waals surface area contributed by atoms with Crippen LogP contribution in [0.4, 0.5) is 0 Å². The summed E-state index contributed by atoms with van der Waals surface area (Å²) >= 11 is 0. The lowest BCUT2D eigenvalue weighted by Gasteiger charge is -2.14. The number of hydrogen-bond donors (Lipinski definition) is 0. The summed E-state index contributed by atoms with van der Waals surface area (Å²) in [4.78, 5) is 2.31. The molecule has 0 atom stereocenters. The molecule has 0 bridgehead atoms. The standard InChI is InChI=1S/C20H25NO2/c1-21(15-13-17-8-5-4-6-9-17)14-7-10-18-11-12-19(22-2)20(16-18)23-3/h4-12,16H,13-15H2,1-3H3/b10-7+. The second kappa shape index (κ2) is 9.01. The van der Waals surface area contributed by atoms with Crippen molar-refractivity contribution in [2.75, 3.05) is 34.4 Å². The van der Waals surface area contributed by atoms with E-state index in [-0.39, 0.29) is 0 Å². The van der Waals surface area contributed by atoms with Crippen LogP contribution in [0.3, 0.4) is 0 Å². The van der Waals surface area contributed by atoms with Crippen molar-refractivity contribution in [2.24, 2.45) is 0 Å². The van der Waals surface area contributed by atoms with Crippen molar-refractivity contribution in [3.8, 4) is 11.5 Å². The van der Waals surface area contributed by atoms with E-state index in [1.54, 1.807) is 14.2 Å². The Labute approximate surface area is 139 Å². The van der Waals surface area contributed by atoms with Crippen LogP contribution >= 0.6 is 0 Å². The number of benzene rings is 2. The van der Waals surface area contributed by atoms with Crippen LogP contribution in [-0.4, -0.2) is 39.3 Å². The van der Waals surface area contributed by atoms with Gasteiger partial charge in [0.05, 0.1) is 14.2 Å². The molecule has 0 aliphatic rings. The van der Waals surface area contributed by atoms with Crippen LogP contribution < -0.4 is 9.47 Å². The summed E-state index contributed by atoms with van der Waals surface area (Å²) in [7, 11) is 5.44. The summed E-state index contributed by atoms with van der Waals surface area (Å²) in [5.74, 6) is 1.51. The van der Waals surface area contributed by atoms with Crippen molar-refractivity contribution in [1.82, 2.24) is 4.90 Å². The van der Waals surface area contributed by atoms with Crippen molar-refractivity contribution in [3.05, 3.63) is 65.7 Å². The molecule has 0 unspecified atom stereocenters. The summed E-state index contributed by atoms with van der Waals surface area (Å²) in [6, 6.07) is 16.5. The lowest BCUT2D eigenvalue weighted by Crippen LogP contribution is -2.21.